The molecule has 12 heavy (non-hydrogen) atoms. The van der Waals surface area contributed by atoms with E-state index >= 15 is 0 Å². The fourth-order valence-corrected chi connectivity index (χ4v) is 1.32. The van der Waals surface area contributed by atoms with Crippen LogP contribution < -0.4 is 4.74 Å². The van der Waals surface area contributed by atoms with E-state index in [1.807, 2.05) is 19.1 Å². The molecule has 0 bridgehead atoms. The third-order valence-corrected chi connectivity index (χ3v) is 1.97. The van der Waals surface area contributed by atoms with E-state index in [0.717, 1.165) is 22.3 Å². The average molecular weight is 162 g/mol. The van der Waals surface area contributed by atoms with Gasteiger partial charge in [0.1, 0.15) is 11.3 Å². The van der Waals surface area contributed by atoms with Crippen molar-refractivity contribution in [2.24, 2.45) is 0 Å². The van der Waals surface area contributed by atoms with E-state index in [9.17, 15) is 0 Å². The molecule has 0 saturated carbocycles. The van der Waals surface area contributed by atoms with Gasteiger partial charge in [-0.25, -0.2) is 0 Å². The molecule has 0 aliphatic carbocycles. The molecule has 0 amide bonds. The molecular formula is C10H10O2. The van der Waals surface area contributed by atoms with Gasteiger partial charge in [-0.3, -0.25) is 0 Å². The zero-order valence-electron chi connectivity index (χ0n) is 7.13. The van der Waals surface area contributed by atoms with Gasteiger partial charge < -0.3 is 9.15 Å². The number of furan rings is 1. The fraction of sp³-hybridized carbons (Fsp3) is 0.200. The molecule has 1 aromatic carbocycles. The van der Waals surface area contributed by atoms with Crippen molar-refractivity contribution in [3.8, 4) is 5.75 Å². The molecule has 0 atom stereocenters. The van der Waals surface area contributed by atoms with Crippen molar-refractivity contribution in [3.05, 3.63) is 30.0 Å². The van der Waals surface area contributed by atoms with Crippen LogP contribution in [0.25, 0.3) is 11.0 Å². The topological polar surface area (TPSA) is 22.4 Å². The van der Waals surface area contributed by atoms with E-state index in [1.165, 1.54) is 0 Å². The second-order valence-corrected chi connectivity index (χ2v) is 2.78. The lowest BCUT2D eigenvalue weighted by molar-refractivity contribution is 0.411. The van der Waals surface area contributed by atoms with Crippen molar-refractivity contribution in [1.82, 2.24) is 0 Å². The number of rotatable bonds is 1. The number of ether oxygens (including phenoxy) is 1. The summed E-state index contributed by atoms with van der Waals surface area (Å²) in [6.07, 6.45) is 1.68. The van der Waals surface area contributed by atoms with Gasteiger partial charge in [0.05, 0.1) is 13.4 Å². The monoisotopic (exact) mass is 162 g/mol. The first-order chi connectivity index (χ1) is 5.81. The summed E-state index contributed by atoms with van der Waals surface area (Å²) >= 11 is 0. The zero-order chi connectivity index (χ0) is 8.55. The Kier molecular flexibility index (Phi) is 1.54. The zero-order valence-corrected chi connectivity index (χ0v) is 7.13. The Labute approximate surface area is 70.8 Å². The van der Waals surface area contributed by atoms with E-state index < -0.39 is 0 Å². The minimum atomic E-state index is 0.873. The van der Waals surface area contributed by atoms with Crippen LogP contribution in [0.3, 0.4) is 0 Å². The normalized spacial score (nSPS) is 10.5. The molecule has 0 spiro atoms. The minimum absolute atomic E-state index is 0.873. The van der Waals surface area contributed by atoms with Gasteiger partial charge in [-0.2, -0.15) is 0 Å². The molecule has 2 rings (SSSR count). The van der Waals surface area contributed by atoms with Gasteiger partial charge in [0.15, 0.2) is 0 Å². The first-order valence-corrected chi connectivity index (χ1v) is 3.83. The summed E-state index contributed by atoms with van der Waals surface area (Å²) in [4.78, 5) is 0. The second-order valence-electron chi connectivity index (χ2n) is 2.78. The van der Waals surface area contributed by atoms with Crippen molar-refractivity contribution in [2.45, 2.75) is 6.92 Å². The fourth-order valence-electron chi connectivity index (χ4n) is 1.32. The van der Waals surface area contributed by atoms with Crippen LogP contribution in [0.15, 0.2) is 28.9 Å². The van der Waals surface area contributed by atoms with Crippen LogP contribution in [0, 0.1) is 6.92 Å². The van der Waals surface area contributed by atoms with Crippen molar-refractivity contribution < 1.29 is 9.15 Å². The number of hydrogen-bond acceptors (Lipinski definition) is 2. The highest BCUT2D eigenvalue weighted by Gasteiger charge is 2.02. The maximum atomic E-state index is 5.24. The predicted molar refractivity (Wildman–Crippen MR) is 47.5 cm³/mol. The first kappa shape index (κ1) is 7.22. The highest BCUT2D eigenvalue weighted by atomic mass is 16.5. The predicted octanol–water partition coefficient (Wildman–Crippen LogP) is 2.75. The number of benzene rings is 1. The van der Waals surface area contributed by atoms with E-state index in [4.69, 9.17) is 9.15 Å². The number of fused-ring (bicyclic) bond motifs is 1. The van der Waals surface area contributed by atoms with Gasteiger partial charge in [0.25, 0.3) is 0 Å². The van der Waals surface area contributed by atoms with Gasteiger partial charge >= 0.3 is 0 Å². The van der Waals surface area contributed by atoms with Crippen molar-refractivity contribution in [2.75, 3.05) is 7.11 Å². The van der Waals surface area contributed by atoms with Crippen LogP contribution in [0.5, 0.6) is 5.75 Å². The average Bonchev–Trinajstić information content (AvgIpc) is 2.49. The van der Waals surface area contributed by atoms with Gasteiger partial charge in [-0.05, 0) is 24.6 Å². The molecule has 1 aromatic heterocycles. The summed E-state index contributed by atoms with van der Waals surface area (Å²) in [6.45, 7) is 2.02. The van der Waals surface area contributed by atoms with Gasteiger partial charge in [-0.15, -0.1) is 0 Å². The lowest BCUT2D eigenvalue weighted by Crippen LogP contribution is -1.85. The lowest BCUT2D eigenvalue weighted by atomic mass is 10.1. The molecule has 0 aliphatic heterocycles. The molecule has 0 fully saturated rings. The molecule has 2 heteroatoms. The summed E-state index contributed by atoms with van der Waals surface area (Å²) < 4.78 is 10.4. The van der Waals surface area contributed by atoms with Gasteiger partial charge in [-0.1, -0.05) is 0 Å². The number of aryl methyl sites for hydroxylation is 1. The van der Waals surface area contributed by atoms with E-state index in [1.54, 1.807) is 13.4 Å². The highest BCUT2D eigenvalue weighted by Crippen LogP contribution is 2.25. The maximum absolute atomic E-state index is 5.24. The molecule has 2 nitrogen and oxygen atoms in total. The van der Waals surface area contributed by atoms with Crippen LogP contribution in [0.2, 0.25) is 0 Å². The van der Waals surface area contributed by atoms with Gasteiger partial charge in [0.2, 0.25) is 0 Å². The third kappa shape index (κ3) is 0.961. The van der Waals surface area contributed by atoms with Gasteiger partial charge in [0, 0.05) is 11.5 Å². The van der Waals surface area contributed by atoms with Crippen LogP contribution in [-0.2, 0) is 0 Å². The Balaban J connectivity index is 2.73. The van der Waals surface area contributed by atoms with Crippen LogP contribution in [0.4, 0.5) is 0 Å². The minimum Gasteiger partial charge on any atom is -0.496 e. The Morgan fingerprint density at radius 3 is 2.92 bits per heavy atom. The Morgan fingerprint density at radius 1 is 1.33 bits per heavy atom. The SMILES string of the molecule is COc1cc2occc2cc1C. The van der Waals surface area contributed by atoms with Crippen LogP contribution >= 0.6 is 0 Å². The van der Waals surface area contributed by atoms with Crippen LogP contribution in [-0.4, -0.2) is 7.11 Å². The van der Waals surface area contributed by atoms with E-state index in [2.05, 4.69) is 6.07 Å². The number of hydrogen-bond donors (Lipinski definition) is 0. The first-order valence-electron chi connectivity index (χ1n) is 3.83. The van der Waals surface area contributed by atoms with Crippen molar-refractivity contribution >= 4 is 11.0 Å². The smallest absolute Gasteiger partial charge is 0.137 e. The van der Waals surface area contributed by atoms with Crippen LogP contribution in [0.1, 0.15) is 5.56 Å². The summed E-state index contributed by atoms with van der Waals surface area (Å²) in [5.41, 5.74) is 2.00. The summed E-state index contributed by atoms with van der Waals surface area (Å²) in [7, 11) is 1.66. The standard InChI is InChI=1S/C10H10O2/c1-7-5-8-3-4-12-10(8)6-9(7)11-2/h3-6H,1-2H3. The second kappa shape index (κ2) is 2.55. The molecule has 0 aliphatic rings. The highest BCUT2D eigenvalue weighted by molar-refractivity contribution is 5.79. The summed E-state index contributed by atoms with van der Waals surface area (Å²) in [5, 5.41) is 1.12. The van der Waals surface area contributed by atoms with E-state index in [-0.39, 0.29) is 0 Å². The summed E-state index contributed by atoms with van der Waals surface area (Å²) in [6, 6.07) is 5.91. The molecule has 62 valence electrons. The Hall–Kier alpha value is -1.44. The molecule has 0 saturated heterocycles. The molecule has 2 aromatic rings. The molecule has 0 unspecified atom stereocenters. The Morgan fingerprint density at radius 2 is 2.17 bits per heavy atom. The Bertz CT molecular complexity index is 401. The maximum Gasteiger partial charge on any atom is 0.137 e. The third-order valence-electron chi connectivity index (χ3n) is 1.97. The molecule has 0 radical (unpaired) electrons. The van der Waals surface area contributed by atoms with E-state index in [0.29, 0.717) is 0 Å². The van der Waals surface area contributed by atoms with Crippen molar-refractivity contribution in [1.29, 1.82) is 0 Å². The largest absolute Gasteiger partial charge is 0.496 e. The molecule has 1 heterocycles. The summed E-state index contributed by atoms with van der Waals surface area (Å²) in [5.74, 6) is 0.873. The van der Waals surface area contributed by atoms with Crippen molar-refractivity contribution in [3.63, 3.8) is 0 Å². The molecule has 0 N–H and O–H groups in total. The number of methoxy groups -OCH3 is 1. The lowest BCUT2D eigenvalue weighted by Gasteiger charge is -2.02. The quantitative estimate of drug-likeness (QED) is 0.643. The molecular weight excluding hydrogens is 152 g/mol.